The van der Waals surface area contributed by atoms with E-state index in [0.29, 0.717) is 17.1 Å². The maximum Gasteiger partial charge on any atom is 0.243 e. The molecule has 0 saturated carbocycles. The zero-order valence-corrected chi connectivity index (χ0v) is 14.9. The van der Waals surface area contributed by atoms with Crippen molar-refractivity contribution < 1.29 is 13.5 Å². The molecule has 0 aliphatic rings. The summed E-state index contributed by atoms with van der Waals surface area (Å²) in [5, 5.41) is 21.1. The van der Waals surface area contributed by atoms with Crippen molar-refractivity contribution in [2.75, 3.05) is 25.5 Å². The number of nitrogens with one attached hydrogen (secondary N) is 1. The Balaban J connectivity index is 2.26. The van der Waals surface area contributed by atoms with Crippen LogP contribution in [0, 0.1) is 18.3 Å². The lowest BCUT2D eigenvalue weighted by Crippen LogP contribution is -2.30. The van der Waals surface area contributed by atoms with E-state index in [1.165, 1.54) is 13.1 Å². The molecule has 2 N–H and O–H groups in total. The number of aliphatic hydroxyl groups is 1. The maximum atomic E-state index is 12.6. The summed E-state index contributed by atoms with van der Waals surface area (Å²) < 4.78 is 26.4. The normalized spacial score (nSPS) is 11.3. The standard InChI is InChI=1S/C17H20N4O3S/c1-13-7-8-17(20-15(13)11-18)19-12-14-5-3-4-6-16(14)25(23,24)21(2)9-10-22/h3-8,22H,9-10,12H2,1-2H3,(H,19,20). The number of benzene rings is 1. The molecule has 0 saturated heterocycles. The number of aliphatic hydroxyl groups excluding tert-OH is 1. The van der Waals surface area contributed by atoms with Crippen molar-refractivity contribution in [3.63, 3.8) is 0 Å². The van der Waals surface area contributed by atoms with Gasteiger partial charge < -0.3 is 10.4 Å². The molecule has 8 heteroatoms. The number of nitrogens with zero attached hydrogens (tertiary/aromatic N) is 3. The molecule has 0 bridgehead atoms. The van der Waals surface area contributed by atoms with Crippen LogP contribution in [0.5, 0.6) is 0 Å². The molecule has 1 aromatic carbocycles. The molecule has 1 aromatic heterocycles. The largest absolute Gasteiger partial charge is 0.395 e. The van der Waals surface area contributed by atoms with Crippen LogP contribution >= 0.6 is 0 Å². The summed E-state index contributed by atoms with van der Waals surface area (Å²) in [4.78, 5) is 4.37. The Hall–Kier alpha value is -2.47. The van der Waals surface area contributed by atoms with E-state index in [0.717, 1.165) is 9.87 Å². The highest BCUT2D eigenvalue weighted by atomic mass is 32.2. The van der Waals surface area contributed by atoms with Gasteiger partial charge in [-0.1, -0.05) is 24.3 Å². The van der Waals surface area contributed by atoms with Gasteiger partial charge in [-0.05, 0) is 30.2 Å². The number of pyridine rings is 1. The van der Waals surface area contributed by atoms with Gasteiger partial charge in [0.15, 0.2) is 0 Å². The third kappa shape index (κ3) is 4.33. The van der Waals surface area contributed by atoms with Crippen molar-refractivity contribution >= 4 is 15.8 Å². The predicted octanol–water partition coefficient (Wildman–Crippen LogP) is 1.49. The van der Waals surface area contributed by atoms with Gasteiger partial charge >= 0.3 is 0 Å². The predicted molar refractivity (Wildman–Crippen MR) is 94.4 cm³/mol. The van der Waals surface area contributed by atoms with Crippen LogP contribution in [0.1, 0.15) is 16.8 Å². The number of hydrogen-bond acceptors (Lipinski definition) is 6. The van der Waals surface area contributed by atoms with Crippen LogP contribution in [0.15, 0.2) is 41.3 Å². The van der Waals surface area contributed by atoms with Crippen LogP contribution in [-0.4, -0.2) is 43.0 Å². The molecular formula is C17H20N4O3S. The average Bonchev–Trinajstić information content (AvgIpc) is 2.61. The minimum absolute atomic E-state index is 0.0230. The third-order valence-corrected chi connectivity index (χ3v) is 5.70. The number of aryl methyl sites for hydroxylation is 1. The lowest BCUT2D eigenvalue weighted by atomic mass is 10.2. The summed E-state index contributed by atoms with van der Waals surface area (Å²) in [6, 6.07) is 12.2. The Morgan fingerprint density at radius 1 is 1.28 bits per heavy atom. The molecule has 132 valence electrons. The van der Waals surface area contributed by atoms with E-state index in [9.17, 15) is 8.42 Å². The fraction of sp³-hybridized carbons (Fsp3) is 0.294. The topological polar surface area (TPSA) is 106 Å². The van der Waals surface area contributed by atoms with Crippen LogP contribution in [0.2, 0.25) is 0 Å². The highest BCUT2D eigenvalue weighted by Crippen LogP contribution is 2.20. The van der Waals surface area contributed by atoms with Gasteiger partial charge in [0, 0.05) is 20.1 Å². The number of likely N-dealkylation sites (N-methyl/N-ethyl adjacent to an activating group) is 1. The first-order chi connectivity index (χ1) is 11.9. The van der Waals surface area contributed by atoms with Crippen LogP contribution in [0.3, 0.4) is 0 Å². The minimum Gasteiger partial charge on any atom is -0.395 e. The highest BCUT2D eigenvalue weighted by molar-refractivity contribution is 7.89. The van der Waals surface area contributed by atoms with Crippen LogP contribution in [0.25, 0.3) is 0 Å². The van der Waals surface area contributed by atoms with E-state index in [1.807, 2.05) is 6.07 Å². The highest BCUT2D eigenvalue weighted by Gasteiger charge is 2.23. The first kappa shape index (κ1) is 18.9. The Morgan fingerprint density at radius 3 is 2.68 bits per heavy atom. The van der Waals surface area contributed by atoms with E-state index in [1.54, 1.807) is 37.3 Å². The molecule has 2 aromatic rings. The lowest BCUT2D eigenvalue weighted by Gasteiger charge is -2.18. The zero-order chi connectivity index (χ0) is 18.4. The van der Waals surface area contributed by atoms with Crippen molar-refractivity contribution in [2.24, 2.45) is 0 Å². The van der Waals surface area contributed by atoms with E-state index in [-0.39, 0.29) is 24.6 Å². The SMILES string of the molecule is Cc1ccc(NCc2ccccc2S(=O)(=O)N(C)CCO)nc1C#N. The number of rotatable bonds is 7. The van der Waals surface area contributed by atoms with Crippen molar-refractivity contribution in [2.45, 2.75) is 18.4 Å². The van der Waals surface area contributed by atoms with Gasteiger partial charge in [0.25, 0.3) is 0 Å². The smallest absolute Gasteiger partial charge is 0.243 e. The van der Waals surface area contributed by atoms with Crippen molar-refractivity contribution in [3.8, 4) is 6.07 Å². The van der Waals surface area contributed by atoms with Gasteiger partial charge in [-0.2, -0.15) is 9.57 Å². The van der Waals surface area contributed by atoms with Gasteiger partial charge in [0.1, 0.15) is 17.6 Å². The summed E-state index contributed by atoms with van der Waals surface area (Å²) in [5.74, 6) is 0.498. The second-order valence-electron chi connectivity index (χ2n) is 5.49. The number of aromatic nitrogens is 1. The average molecular weight is 360 g/mol. The Kier molecular flexibility index (Phi) is 6.09. The van der Waals surface area contributed by atoms with E-state index in [4.69, 9.17) is 10.4 Å². The lowest BCUT2D eigenvalue weighted by molar-refractivity contribution is 0.266. The quantitative estimate of drug-likeness (QED) is 0.775. The first-order valence-corrected chi connectivity index (χ1v) is 9.11. The first-order valence-electron chi connectivity index (χ1n) is 7.67. The summed E-state index contributed by atoms with van der Waals surface area (Å²) in [7, 11) is -2.27. The summed E-state index contributed by atoms with van der Waals surface area (Å²) in [5.41, 5.74) is 1.68. The van der Waals surface area contributed by atoms with Gasteiger partial charge in [-0.15, -0.1) is 0 Å². The third-order valence-electron chi connectivity index (χ3n) is 3.74. The number of sulfonamides is 1. The van der Waals surface area contributed by atoms with E-state index >= 15 is 0 Å². The number of hydrogen-bond donors (Lipinski definition) is 2. The Labute approximate surface area is 147 Å². The molecule has 7 nitrogen and oxygen atoms in total. The van der Waals surface area contributed by atoms with E-state index < -0.39 is 10.0 Å². The van der Waals surface area contributed by atoms with Crippen molar-refractivity contribution in [1.82, 2.24) is 9.29 Å². The summed E-state index contributed by atoms with van der Waals surface area (Å²) in [6.45, 7) is 1.81. The molecule has 2 rings (SSSR count). The van der Waals surface area contributed by atoms with Crippen molar-refractivity contribution in [1.29, 1.82) is 5.26 Å². The molecule has 0 unspecified atom stereocenters. The van der Waals surface area contributed by atoms with Gasteiger partial charge in [-0.25, -0.2) is 13.4 Å². The fourth-order valence-electron chi connectivity index (χ4n) is 2.26. The molecule has 1 heterocycles. The summed E-state index contributed by atoms with van der Waals surface area (Å²) in [6.07, 6.45) is 0. The molecule has 0 spiro atoms. The molecule has 0 fully saturated rings. The maximum absolute atomic E-state index is 12.6. The monoisotopic (exact) mass is 360 g/mol. The van der Waals surface area contributed by atoms with Gasteiger partial charge in [-0.3, -0.25) is 0 Å². The molecular weight excluding hydrogens is 340 g/mol. The van der Waals surface area contributed by atoms with Crippen molar-refractivity contribution in [3.05, 3.63) is 53.2 Å². The molecule has 0 atom stereocenters. The van der Waals surface area contributed by atoms with E-state index in [2.05, 4.69) is 10.3 Å². The Morgan fingerprint density at radius 2 is 2.00 bits per heavy atom. The van der Waals surface area contributed by atoms with Gasteiger partial charge in [0.05, 0.1) is 11.5 Å². The van der Waals surface area contributed by atoms with Crippen LogP contribution in [0.4, 0.5) is 5.82 Å². The van der Waals surface area contributed by atoms with Crippen LogP contribution < -0.4 is 5.32 Å². The Bertz CT molecular complexity index is 891. The second kappa shape index (κ2) is 8.07. The second-order valence-corrected chi connectivity index (χ2v) is 7.50. The minimum atomic E-state index is -3.70. The molecule has 0 radical (unpaired) electrons. The summed E-state index contributed by atoms with van der Waals surface area (Å²) >= 11 is 0. The fourth-order valence-corrected chi connectivity index (χ4v) is 3.64. The molecule has 0 aliphatic heterocycles. The number of anilines is 1. The van der Waals surface area contributed by atoms with Crippen LogP contribution in [-0.2, 0) is 16.6 Å². The van der Waals surface area contributed by atoms with Gasteiger partial charge in [0.2, 0.25) is 10.0 Å². The molecule has 0 amide bonds. The molecule has 0 aliphatic carbocycles. The zero-order valence-electron chi connectivity index (χ0n) is 14.1. The number of nitriles is 1. The molecule has 25 heavy (non-hydrogen) atoms.